The van der Waals surface area contributed by atoms with E-state index in [0.29, 0.717) is 26.1 Å². The highest BCUT2D eigenvalue weighted by Gasteiger charge is 2.27. The minimum Gasteiger partial charge on any atom is -0.353 e. The highest BCUT2D eigenvalue weighted by molar-refractivity contribution is 5.96. The lowest BCUT2D eigenvalue weighted by molar-refractivity contribution is -0.132. The zero-order valence-corrected chi connectivity index (χ0v) is 21.7. The molecule has 37 heavy (non-hydrogen) atoms. The molecule has 2 aromatic carbocycles. The normalized spacial score (nSPS) is 14.7. The number of carbonyl (C=O) groups excluding carboxylic acids is 2. The third kappa shape index (κ3) is 6.50. The lowest BCUT2D eigenvalue weighted by Gasteiger charge is -2.31. The van der Waals surface area contributed by atoms with Gasteiger partial charge in [0, 0.05) is 43.3 Å². The van der Waals surface area contributed by atoms with Crippen LogP contribution >= 0.6 is 0 Å². The molecule has 0 radical (unpaired) electrons. The van der Waals surface area contributed by atoms with E-state index < -0.39 is 5.82 Å². The van der Waals surface area contributed by atoms with Crippen molar-refractivity contribution >= 4 is 17.6 Å². The highest BCUT2D eigenvalue weighted by Crippen LogP contribution is 2.20. The number of carbonyl (C=O) groups is 2. The van der Waals surface area contributed by atoms with Crippen LogP contribution in [0.3, 0.4) is 0 Å². The Hall–Kier alpha value is -3.81. The summed E-state index contributed by atoms with van der Waals surface area (Å²) < 4.78 is 13.7. The lowest BCUT2D eigenvalue weighted by Crippen LogP contribution is -2.47. The smallest absolute Gasteiger partial charge is 0.254 e. The monoisotopic (exact) mass is 503 g/mol. The van der Waals surface area contributed by atoms with Crippen LogP contribution in [-0.4, -0.2) is 70.6 Å². The first-order chi connectivity index (χ1) is 17.9. The molecule has 0 bridgehead atoms. The van der Waals surface area contributed by atoms with Crippen molar-refractivity contribution in [1.29, 1.82) is 0 Å². The SMILES string of the molecule is CC[C@@H](C)N(CC(=O)N1CCCN(c2ccc(-c3ccc(C)cc3)nn2)CC1)C(=O)c1cccc(F)c1. The maximum absolute atomic E-state index is 13.7. The fourth-order valence-corrected chi connectivity index (χ4v) is 4.45. The Labute approximate surface area is 217 Å². The summed E-state index contributed by atoms with van der Waals surface area (Å²) in [6.45, 7) is 8.43. The number of halogens is 1. The fourth-order valence-electron chi connectivity index (χ4n) is 4.45. The second-order valence-electron chi connectivity index (χ2n) is 9.56. The quantitative estimate of drug-likeness (QED) is 0.472. The van der Waals surface area contributed by atoms with E-state index >= 15 is 0 Å². The van der Waals surface area contributed by atoms with Crippen molar-refractivity contribution in [2.24, 2.45) is 0 Å². The van der Waals surface area contributed by atoms with Gasteiger partial charge in [0.05, 0.1) is 5.69 Å². The summed E-state index contributed by atoms with van der Waals surface area (Å²) >= 11 is 0. The topological polar surface area (TPSA) is 69.6 Å². The summed E-state index contributed by atoms with van der Waals surface area (Å²) in [5.74, 6) is -0.119. The molecular weight excluding hydrogens is 469 g/mol. The van der Waals surface area contributed by atoms with Crippen molar-refractivity contribution in [3.05, 3.63) is 77.6 Å². The second-order valence-corrected chi connectivity index (χ2v) is 9.56. The molecule has 7 nitrogen and oxygen atoms in total. The number of aromatic nitrogens is 2. The van der Waals surface area contributed by atoms with Gasteiger partial charge in [-0.1, -0.05) is 42.8 Å². The molecule has 1 saturated heterocycles. The van der Waals surface area contributed by atoms with Crippen molar-refractivity contribution < 1.29 is 14.0 Å². The van der Waals surface area contributed by atoms with Crippen molar-refractivity contribution in [2.45, 2.75) is 39.7 Å². The number of rotatable bonds is 7. The third-order valence-corrected chi connectivity index (χ3v) is 6.93. The Morgan fingerprint density at radius 3 is 2.46 bits per heavy atom. The largest absolute Gasteiger partial charge is 0.353 e. The number of amides is 2. The Morgan fingerprint density at radius 2 is 1.78 bits per heavy atom. The van der Waals surface area contributed by atoms with Gasteiger partial charge in [0.1, 0.15) is 12.4 Å². The summed E-state index contributed by atoms with van der Waals surface area (Å²) in [4.78, 5) is 31.9. The summed E-state index contributed by atoms with van der Waals surface area (Å²) in [6, 6.07) is 17.6. The van der Waals surface area contributed by atoms with Crippen LogP contribution in [0, 0.1) is 12.7 Å². The lowest BCUT2D eigenvalue weighted by atomic mass is 10.1. The van der Waals surface area contributed by atoms with Gasteiger partial charge in [-0.3, -0.25) is 9.59 Å². The molecule has 2 heterocycles. The molecule has 4 rings (SSSR count). The predicted molar refractivity (Wildman–Crippen MR) is 143 cm³/mol. The first-order valence-electron chi connectivity index (χ1n) is 12.9. The summed E-state index contributed by atoms with van der Waals surface area (Å²) in [6.07, 6.45) is 1.48. The van der Waals surface area contributed by atoms with E-state index in [9.17, 15) is 14.0 Å². The van der Waals surface area contributed by atoms with E-state index in [2.05, 4.69) is 34.2 Å². The third-order valence-electron chi connectivity index (χ3n) is 6.93. The van der Waals surface area contributed by atoms with E-state index in [0.717, 1.165) is 30.0 Å². The number of nitrogens with zero attached hydrogens (tertiary/aromatic N) is 5. The van der Waals surface area contributed by atoms with E-state index in [1.54, 1.807) is 11.0 Å². The van der Waals surface area contributed by atoms with E-state index in [1.807, 2.05) is 43.0 Å². The number of hydrogen-bond acceptors (Lipinski definition) is 5. The molecule has 1 aliphatic rings. The van der Waals surface area contributed by atoms with Crippen LogP contribution in [0.2, 0.25) is 0 Å². The maximum atomic E-state index is 13.7. The first kappa shape index (κ1) is 26.3. The maximum Gasteiger partial charge on any atom is 0.254 e. The van der Waals surface area contributed by atoms with Gasteiger partial charge in [0.25, 0.3) is 5.91 Å². The molecule has 194 valence electrons. The summed E-state index contributed by atoms with van der Waals surface area (Å²) in [7, 11) is 0. The summed E-state index contributed by atoms with van der Waals surface area (Å²) in [5.41, 5.74) is 3.30. The van der Waals surface area contributed by atoms with Crippen molar-refractivity contribution in [3.8, 4) is 11.3 Å². The Bertz CT molecular complexity index is 1220. The molecule has 1 fully saturated rings. The van der Waals surface area contributed by atoms with Crippen LogP contribution in [-0.2, 0) is 4.79 Å². The number of aryl methyl sites for hydroxylation is 1. The zero-order valence-electron chi connectivity index (χ0n) is 21.7. The zero-order chi connectivity index (χ0) is 26.4. The van der Waals surface area contributed by atoms with E-state index in [4.69, 9.17) is 0 Å². The van der Waals surface area contributed by atoms with Crippen LogP contribution < -0.4 is 4.90 Å². The van der Waals surface area contributed by atoms with E-state index in [-0.39, 0.29) is 30.0 Å². The molecule has 0 spiro atoms. The first-order valence-corrected chi connectivity index (χ1v) is 12.9. The average molecular weight is 504 g/mol. The highest BCUT2D eigenvalue weighted by atomic mass is 19.1. The minimum absolute atomic E-state index is 0.0323. The molecule has 0 unspecified atom stereocenters. The van der Waals surface area contributed by atoms with Gasteiger partial charge in [-0.25, -0.2) is 4.39 Å². The minimum atomic E-state index is -0.469. The molecule has 1 atom stereocenters. The molecular formula is C29H34FN5O2. The van der Waals surface area contributed by atoms with Gasteiger partial charge in [0.2, 0.25) is 5.91 Å². The van der Waals surface area contributed by atoms with Crippen molar-refractivity contribution in [3.63, 3.8) is 0 Å². The molecule has 0 saturated carbocycles. The molecule has 8 heteroatoms. The second kappa shape index (κ2) is 12.0. The fraction of sp³-hybridized carbons (Fsp3) is 0.379. The molecule has 3 aromatic rings. The predicted octanol–water partition coefficient (Wildman–Crippen LogP) is 4.57. The molecule has 0 aliphatic carbocycles. The standard InChI is InChI=1S/C29H34FN5O2/c1-4-22(3)35(29(37)24-7-5-8-25(30)19-24)20-28(36)34-16-6-15-33(17-18-34)27-14-13-26(31-32-27)23-11-9-21(2)10-12-23/h5,7-14,19,22H,4,6,15-18,20H2,1-3H3/t22-/m1/s1. The van der Waals surface area contributed by atoms with Crippen molar-refractivity contribution in [2.75, 3.05) is 37.6 Å². The Morgan fingerprint density at radius 1 is 1.00 bits per heavy atom. The average Bonchev–Trinajstić information content (AvgIpc) is 3.18. The van der Waals surface area contributed by atoms with Gasteiger partial charge in [-0.15, -0.1) is 10.2 Å². The van der Waals surface area contributed by atoms with Gasteiger partial charge >= 0.3 is 0 Å². The van der Waals surface area contributed by atoms with Gasteiger partial charge in [-0.05, 0) is 57.0 Å². The number of hydrogen-bond donors (Lipinski definition) is 0. The molecule has 0 N–H and O–H groups in total. The Kier molecular flexibility index (Phi) is 8.48. The molecule has 2 amide bonds. The van der Waals surface area contributed by atoms with Crippen LogP contribution in [0.15, 0.2) is 60.7 Å². The number of anilines is 1. The van der Waals surface area contributed by atoms with Gasteiger partial charge in [0.15, 0.2) is 5.82 Å². The van der Waals surface area contributed by atoms with Crippen LogP contribution in [0.5, 0.6) is 0 Å². The van der Waals surface area contributed by atoms with Crippen LogP contribution in [0.1, 0.15) is 42.6 Å². The molecule has 1 aliphatic heterocycles. The van der Waals surface area contributed by atoms with Crippen LogP contribution in [0.25, 0.3) is 11.3 Å². The van der Waals surface area contributed by atoms with Gasteiger partial charge < -0.3 is 14.7 Å². The van der Waals surface area contributed by atoms with Gasteiger partial charge in [-0.2, -0.15) is 0 Å². The number of benzene rings is 2. The van der Waals surface area contributed by atoms with Crippen LogP contribution in [0.4, 0.5) is 10.2 Å². The van der Waals surface area contributed by atoms with Crippen molar-refractivity contribution in [1.82, 2.24) is 20.0 Å². The van der Waals surface area contributed by atoms with E-state index in [1.165, 1.54) is 23.8 Å². The summed E-state index contributed by atoms with van der Waals surface area (Å²) in [5, 5.41) is 8.87. The molecule has 1 aromatic heterocycles. The Balaban J connectivity index is 1.39.